The van der Waals surface area contributed by atoms with Gasteiger partial charge in [0.05, 0.1) is 16.9 Å². The maximum Gasteiger partial charge on any atom is 0.418 e. The normalized spacial score (nSPS) is 12.1. The van der Waals surface area contributed by atoms with E-state index in [0.29, 0.717) is 34.6 Å². The molecule has 1 amide bonds. The number of benzene rings is 1. The van der Waals surface area contributed by atoms with Gasteiger partial charge in [0.2, 0.25) is 5.91 Å². The molecule has 0 saturated heterocycles. The third-order valence-electron chi connectivity index (χ3n) is 4.13. The highest BCUT2D eigenvalue weighted by Crippen LogP contribution is 2.37. The molecule has 5 nitrogen and oxygen atoms in total. The standard InChI is InChI=1S/C20H24ClF3N4O/c1-12(2)11-28-19(21)15(13(3)26-28)7-9-18(29)25-17-8-6-14(27(4)5)10-16(17)20(22,23)24/h6-10,12H,11H2,1-5H3,(H,25,29)/b9-7+. The van der Waals surface area contributed by atoms with Gasteiger partial charge in [0.15, 0.2) is 0 Å². The zero-order chi connectivity index (χ0) is 21.9. The number of aryl methyl sites for hydroxylation is 1. The summed E-state index contributed by atoms with van der Waals surface area (Å²) in [4.78, 5) is 13.8. The third-order valence-corrected chi connectivity index (χ3v) is 4.53. The lowest BCUT2D eigenvalue weighted by Gasteiger charge is -2.18. The minimum absolute atomic E-state index is 0.309. The topological polar surface area (TPSA) is 50.2 Å². The van der Waals surface area contributed by atoms with E-state index in [0.717, 1.165) is 12.1 Å². The zero-order valence-corrected chi connectivity index (χ0v) is 17.7. The SMILES string of the molecule is Cc1nn(CC(C)C)c(Cl)c1/C=C/C(=O)Nc1ccc(N(C)C)cc1C(F)(F)F. The Labute approximate surface area is 173 Å². The number of hydrogen-bond donors (Lipinski definition) is 1. The predicted molar refractivity (Wildman–Crippen MR) is 110 cm³/mol. The number of nitrogens with zero attached hydrogens (tertiary/aromatic N) is 3. The quantitative estimate of drug-likeness (QED) is 0.640. The van der Waals surface area contributed by atoms with Crippen LogP contribution < -0.4 is 10.2 Å². The molecule has 2 rings (SSSR count). The monoisotopic (exact) mass is 428 g/mol. The molecule has 0 spiro atoms. The minimum atomic E-state index is -4.60. The van der Waals surface area contributed by atoms with Crippen molar-refractivity contribution in [3.63, 3.8) is 0 Å². The molecule has 1 N–H and O–H groups in total. The average molecular weight is 429 g/mol. The number of amides is 1. The summed E-state index contributed by atoms with van der Waals surface area (Å²) in [5.74, 6) is -0.363. The maximum absolute atomic E-state index is 13.4. The predicted octanol–water partition coefficient (Wildman–Crippen LogP) is 5.24. The molecule has 9 heteroatoms. The summed E-state index contributed by atoms with van der Waals surface area (Å²) in [6.45, 7) is 6.42. The number of aromatic nitrogens is 2. The van der Waals surface area contributed by atoms with E-state index >= 15 is 0 Å². The van der Waals surface area contributed by atoms with E-state index in [1.807, 2.05) is 13.8 Å². The highest BCUT2D eigenvalue weighted by atomic mass is 35.5. The van der Waals surface area contributed by atoms with Crippen molar-refractivity contribution in [1.82, 2.24) is 9.78 Å². The first-order valence-corrected chi connectivity index (χ1v) is 9.38. The lowest BCUT2D eigenvalue weighted by molar-refractivity contribution is -0.136. The lowest BCUT2D eigenvalue weighted by Crippen LogP contribution is -2.16. The van der Waals surface area contributed by atoms with Crippen LogP contribution in [-0.2, 0) is 17.5 Å². The van der Waals surface area contributed by atoms with Crippen LogP contribution in [0.3, 0.4) is 0 Å². The first-order valence-electron chi connectivity index (χ1n) is 9.00. The van der Waals surface area contributed by atoms with Crippen LogP contribution in [0, 0.1) is 12.8 Å². The number of halogens is 4. The number of carbonyl (C=O) groups is 1. The Hall–Kier alpha value is -2.48. The molecule has 0 saturated carbocycles. The highest BCUT2D eigenvalue weighted by molar-refractivity contribution is 6.31. The van der Waals surface area contributed by atoms with Crippen molar-refractivity contribution in [2.45, 2.75) is 33.5 Å². The number of nitrogens with one attached hydrogen (secondary N) is 1. The summed E-state index contributed by atoms with van der Waals surface area (Å²) in [5.41, 5.74) is 0.346. The molecule has 1 aromatic heterocycles. The van der Waals surface area contributed by atoms with Gasteiger partial charge in [-0.1, -0.05) is 25.4 Å². The molecule has 2 aromatic rings. The van der Waals surface area contributed by atoms with E-state index in [2.05, 4.69) is 10.4 Å². The van der Waals surface area contributed by atoms with Crippen molar-refractivity contribution in [2.24, 2.45) is 5.92 Å². The van der Waals surface area contributed by atoms with Crippen LogP contribution in [0.4, 0.5) is 24.5 Å². The van der Waals surface area contributed by atoms with Crippen molar-refractivity contribution in [1.29, 1.82) is 0 Å². The van der Waals surface area contributed by atoms with Crippen molar-refractivity contribution in [3.05, 3.63) is 46.2 Å². The molecule has 1 aromatic carbocycles. The van der Waals surface area contributed by atoms with E-state index in [9.17, 15) is 18.0 Å². The van der Waals surface area contributed by atoms with Crippen molar-refractivity contribution >= 4 is 35.0 Å². The largest absolute Gasteiger partial charge is 0.418 e. The molecular formula is C20H24ClF3N4O. The van der Waals surface area contributed by atoms with Crippen molar-refractivity contribution < 1.29 is 18.0 Å². The number of alkyl halides is 3. The molecule has 0 bridgehead atoms. The maximum atomic E-state index is 13.4. The molecule has 0 aliphatic rings. The lowest BCUT2D eigenvalue weighted by atomic mass is 10.1. The van der Waals surface area contributed by atoms with Gasteiger partial charge >= 0.3 is 6.18 Å². The second-order valence-electron chi connectivity index (χ2n) is 7.31. The van der Waals surface area contributed by atoms with E-state index in [1.54, 1.807) is 30.6 Å². The van der Waals surface area contributed by atoms with Gasteiger partial charge < -0.3 is 10.2 Å². The first kappa shape index (κ1) is 22.8. The summed E-state index contributed by atoms with van der Waals surface area (Å²) in [6, 6.07) is 3.74. The molecule has 0 fully saturated rings. The summed E-state index contributed by atoms with van der Waals surface area (Å²) in [7, 11) is 3.28. The van der Waals surface area contributed by atoms with E-state index in [-0.39, 0.29) is 5.69 Å². The average Bonchev–Trinajstić information content (AvgIpc) is 2.85. The molecule has 158 valence electrons. The van der Waals surface area contributed by atoms with Gasteiger partial charge in [-0.15, -0.1) is 0 Å². The molecule has 0 unspecified atom stereocenters. The Morgan fingerprint density at radius 1 is 1.34 bits per heavy atom. The van der Waals surface area contributed by atoms with E-state index in [4.69, 9.17) is 11.6 Å². The van der Waals surface area contributed by atoms with Gasteiger partial charge in [-0.25, -0.2) is 0 Å². The third kappa shape index (κ3) is 5.76. The fourth-order valence-corrected chi connectivity index (χ4v) is 3.02. The molecular weight excluding hydrogens is 405 g/mol. The number of carbonyl (C=O) groups excluding carboxylic acids is 1. The smallest absolute Gasteiger partial charge is 0.378 e. The minimum Gasteiger partial charge on any atom is -0.378 e. The van der Waals surface area contributed by atoms with Crippen molar-refractivity contribution in [2.75, 3.05) is 24.3 Å². The van der Waals surface area contributed by atoms with Crippen LogP contribution in [0.25, 0.3) is 6.08 Å². The van der Waals surface area contributed by atoms with Gasteiger partial charge in [0, 0.05) is 38.0 Å². The van der Waals surface area contributed by atoms with Gasteiger partial charge in [-0.05, 0) is 37.1 Å². The van der Waals surface area contributed by atoms with Crippen LogP contribution in [-0.4, -0.2) is 29.8 Å². The van der Waals surface area contributed by atoms with Crippen molar-refractivity contribution in [3.8, 4) is 0 Å². The van der Waals surface area contributed by atoms with E-state index in [1.165, 1.54) is 18.2 Å². The molecule has 0 aliphatic heterocycles. The van der Waals surface area contributed by atoms with E-state index < -0.39 is 17.6 Å². The molecule has 1 heterocycles. The highest BCUT2D eigenvalue weighted by Gasteiger charge is 2.34. The second-order valence-corrected chi connectivity index (χ2v) is 7.67. The number of anilines is 2. The summed E-state index contributed by atoms with van der Waals surface area (Å²) >= 11 is 6.31. The molecule has 29 heavy (non-hydrogen) atoms. The van der Waals surface area contributed by atoms with Crippen LogP contribution in [0.1, 0.15) is 30.7 Å². The van der Waals surface area contributed by atoms with Crippen LogP contribution in [0.2, 0.25) is 5.15 Å². The fraction of sp³-hybridized carbons (Fsp3) is 0.400. The Balaban J connectivity index is 2.25. The van der Waals surface area contributed by atoms with Crippen LogP contribution in [0.5, 0.6) is 0 Å². The molecule has 0 radical (unpaired) electrons. The number of hydrogen-bond acceptors (Lipinski definition) is 3. The Kier molecular flexibility index (Phi) is 7.00. The summed E-state index contributed by atoms with van der Waals surface area (Å²) in [5, 5.41) is 7.01. The Bertz CT molecular complexity index is 917. The first-order chi connectivity index (χ1) is 13.4. The summed E-state index contributed by atoms with van der Waals surface area (Å²) < 4.78 is 41.8. The summed E-state index contributed by atoms with van der Waals surface area (Å²) in [6.07, 6.45) is -2.00. The van der Waals surface area contributed by atoms with Gasteiger partial charge in [-0.2, -0.15) is 18.3 Å². The van der Waals surface area contributed by atoms with Gasteiger partial charge in [0.25, 0.3) is 0 Å². The van der Waals surface area contributed by atoms with Gasteiger partial charge in [0.1, 0.15) is 5.15 Å². The van der Waals surface area contributed by atoms with Crippen LogP contribution >= 0.6 is 11.6 Å². The molecule has 0 aliphatic carbocycles. The van der Waals surface area contributed by atoms with Crippen LogP contribution in [0.15, 0.2) is 24.3 Å². The zero-order valence-electron chi connectivity index (χ0n) is 16.9. The molecule has 0 atom stereocenters. The number of rotatable bonds is 6. The Morgan fingerprint density at radius 2 is 2.00 bits per heavy atom. The second kappa shape index (κ2) is 8.90. The Morgan fingerprint density at radius 3 is 2.55 bits per heavy atom. The van der Waals surface area contributed by atoms with Gasteiger partial charge in [-0.3, -0.25) is 9.48 Å². The fourth-order valence-electron chi connectivity index (χ4n) is 2.71.